The number of hydrogen-bond acceptors (Lipinski definition) is 7. The molecule has 136 valence electrons. The Morgan fingerprint density at radius 2 is 2.08 bits per heavy atom. The van der Waals surface area contributed by atoms with Gasteiger partial charge in [0.05, 0.1) is 6.61 Å². The standard InChI is InChI=1S/C12H9ClF3N3O5S/c1-2-23-11(20)7-6-9(24-25(21,22)12(14,15)16)19(18-7)8-4-3-5-17-10(8)13/h3-6H,2H2,1H3. The van der Waals surface area contributed by atoms with Crippen molar-refractivity contribution in [2.24, 2.45) is 0 Å². The van der Waals surface area contributed by atoms with Gasteiger partial charge in [-0.25, -0.2) is 9.78 Å². The van der Waals surface area contributed by atoms with Gasteiger partial charge >= 0.3 is 21.6 Å². The van der Waals surface area contributed by atoms with Gasteiger partial charge in [0.1, 0.15) is 5.69 Å². The Morgan fingerprint density at radius 1 is 1.40 bits per heavy atom. The van der Waals surface area contributed by atoms with Crippen LogP contribution >= 0.6 is 11.6 Å². The molecular weight excluding hydrogens is 391 g/mol. The van der Waals surface area contributed by atoms with Crippen molar-refractivity contribution in [2.75, 3.05) is 6.61 Å². The van der Waals surface area contributed by atoms with Crippen molar-refractivity contribution >= 4 is 27.7 Å². The minimum absolute atomic E-state index is 0.0314. The molecule has 2 aromatic rings. The van der Waals surface area contributed by atoms with Gasteiger partial charge in [-0.15, -0.1) is 0 Å². The summed E-state index contributed by atoms with van der Waals surface area (Å²) in [5.74, 6) is -1.90. The number of carbonyl (C=O) groups is 1. The maximum Gasteiger partial charge on any atom is 0.534 e. The van der Waals surface area contributed by atoms with Crippen molar-refractivity contribution in [3.63, 3.8) is 0 Å². The molecule has 0 N–H and O–H groups in total. The quantitative estimate of drug-likeness (QED) is 0.329. The summed E-state index contributed by atoms with van der Waals surface area (Å²) in [6, 6.07) is 3.34. The molecule has 0 unspecified atom stereocenters. The average molecular weight is 400 g/mol. The highest BCUT2D eigenvalue weighted by molar-refractivity contribution is 7.87. The molecular formula is C12H9ClF3N3O5S. The first-order chi connectivity index (χ1) is 11.6. The Balaban J connectivity index is 2.58. The van der Waals surface area contributed by atoms with Crippen LogP contribution in [0, 0.1) is 0 Å². The van der Waals surface area contributed by atoms with Gasteiger partial charge < -0.3 is 8.92 Å². The number of nitrogens with zero attached hydrogens (tertiary/aromatic N) is 3. The predicted molar refractivity (Wildman–Crippen MR) is 77.9 cm³/mol. The highest BCUT2D eigenvalue weighted by Gasteiger charge is 2.49. The summed E-state index contributed by atoms with van der Waals surface area (Å²) in [5.41, 5.74) is -6.26. The molecule has 2 rings (SSSR count). The van der Waals surface area contributed by atoms with Crippen LogP contribution in [0.15, 0.2) is 24.4 Å². The summed E-state index contributed by atoms with van der Waals surface area (Å²) in [6.07, 6.45) is 1.29. The normalized spacial score (nSPS) is 12.0. The molecule has 0 amide bonds. The van der Waals surface area contributed by atoms with E-state index in [1.54, 1.807) is 0 Å². The van der Waals surface area contributed by atoms with Crippen LogP contribution in [0.4, 0.5) is 13.2 Å². The molecule has 0 fully saturated rings. The summed E-state index contributed by atoms with van der Waals surface area (Å²) in [7, 11) is -6.00. The molecule has 0 aliphatic heterocycles. The average Bonchev–Trinajstić information content (AvgIpc) is 2.90. The van der Waals surface area contributed by atoms with E-state index in [1.165, 1.54) is 25.3 Å². The first kappa shape index (κ1) is 19.0. The van der Waals surface area contributed by atoms with E-state index in [0.717, 1.165) is 0 Å². The Hall–Kier alpha value is -2.34. The van der Waals surface area contributed by atoms with E-state index < -0.39 is 33.2 Å². The van der Waals surface area contributed by atoms with Crippen LogP contribution < -0.4 is 4.18 Å². The van der Waals surface area contributed by atoms with Gasteiger partial charge in [-0.3, -0.25) is 0 Å². The minimum atomic E-state index is -6.00. The zero-order valence-corrected chi connectivity index (χ0v) is 13.9. The lowest BCUT2D eigenvalue weighted by Gasteiger charge is -2.11. The zero-order valence-electron chi connectivity index (χ0n) is 12.3. The molecule has 0 aliphatic rings. The summed E-state index contributed by atoms with van der Waals surface area (Å²) >= 11 is 5.83. The molecule has 13 heteroatoms. The van der Waals surface area contributed by atoms with E-state index in [2.05, 4.69) is 19.0 Å². The van der Waals surface area contributed by atoms with E-state index >= 15 is 0 Å². The maximum atomic E-state index is 12.5. The highest BCUT2D eigenvalue weighted by Crippen LogP contribution is 2.30. The molecule has 0 bridgehead atoms. The fourth-order valence-corrected chi connectivity index (χ4v) is 2.23. The molecule has 8 nitrogen and oxygen atoms in total. The van der Waals surface area contributed by atoms with Gasteiger partial charge in [-0.2, -0.15) is 31.4 Å². The smallest absolute Gasteiger partial charge is 0.461 e. The van der Waals surface area contributed by atoms with Gasteiger partial charge in [0.2, 0.25) is 5.88 Å². The van der Waals surface area contributed by atoms with E-state index in [4.69, 9.17) is 11.6 Å². The maximum absolute atomic E-state index is 12.5. The summed E-state index contributed by atoms with van der Waals surface area (Å²) in [4.78, 5) is 15.4. The fraction of sp³-hybridized carbons (Fsp3) is 0.250. The zero-order chi connectivity index (χ0) is 18.8. The molecule has 0 aromatic carbocycles. The second kappa shape index (κ2) is 6.88. The summed E-state index contributed by atoms with van der Waals surface area (Å²) in [6.45, 7) is 1.47. The number of aromatic nitrogens is 3. The van der Waals surface area contributed by atoms with Crippen LogP contribution in [0.5, 0.6) is 5.88 Å². The number of esters is 1. The number of ether oxygens (including phenoxy) is 1. The highest BCUT2D eigenvalue weighted by atomic mass is 35.5. The summed E-state index contributed by atoms with van der Waals surface area (Å²) in [5, 5.41) is 3.47. The monoisotopic (exact) mass is 399 g/mol. The number of rotatable bonds is 5. The lowest BCUT2D eigenvalue weighted by atomic mass is 10.4. The molecule has 0 aliphatic carbocycles. The molecule has 2 aromatic heterocycles. The second-order valence-electron chi connectivity index (χ2n) is 4.30. The van der Waals surface area contributed by atoms with Crippen LogP contribution in [0.25, 0.3) is 5.69 Å². The van der Waals surface area contributed by atoms with Crippen molar-refractivity contribution in [3.05, 3.63) is 35.2 Å². The van der Waals surface area contributed by atoms with Crippen molar-refractivity contribution in [1.29, 1.82) is 0 Å². The number of pyridine rings is 1. The number of carbonyl (C=O) groups excluding carboxylic acids is 1. The van der Waals surface area contributed by atoms with Crippen LogP contribution in [-0.4, -0.2) is 41.3 Å². The van der Waals surface area contributed by atoms with E-state index in [9.17, 15) is 26.4 Å². The lowest BCUT2D eigenvalue weighted by molar-refractivity contribution is -0.0502. The molecule has 0 atom stereocenters. The third kappa shape index (κ3) is 4.02. The first-order valence-electron chi connectivity index (χ1n) is 6.45. The Kier molecular flexibility index (Phi) is 5.23. The lowest BCUT2D eigenvalue weighted by Crippen LogP contribution is -2.28. The van der Waals surface area contributed by atoms with Gasteiger partial charge in [-0.05, 0) is 19.1 Å². The SMILES string of the molecule is CCOC(=O)c1cc(OS(=O)(=O)C(F)(F)F)n(-c2cccnc2Cl)n1. The molecule has 2 heterocycles. The molecule has 0 saturated heterocycles. The van der Waals surface area contributed by atoms with Gasteiger partial charge in [0.25, 0.3) is 0 Å². The summed E-state index contributed by atoms with van der Waals surface area (Å²) < 4.78 is 69.5. The number of halogens is 4. The van der Waals surface area contributed by atoms with Crippen molar-refractivity contribution in [1.82, 2.24) is 14.8 Å². The number of hydrogen-bond donors (Lipinski definition) is 0. The third-order valence-corrected chi connectivity index (χ3v) is 3.86. The molecule has 25 heavy (non-hydrogen) atoms. The molecule has 0 saturated carbocycles. The van der Waals surface area contributed by atoms with Gasteiger partial charge in [0.15, 0.2) is 10.8 Å². The Labute approximate surface area is 144 Å². The van der Waals surface area contributed by atoms with Crippen LogP contribution in [0.1, 0.15) is 17.4 Å². The van der Waals surface area contributed by atoms with E-state index in [0.29, 0.717) is 10.7 Å². The van der Waals surface area contributed by atoms with Crippen LogP contribution in [-0.2, 0) is 14.9 Å². The Bertz CT molecular complexity index is 898. The predicted octanol–water partition coefficient (Wildman–Crippen LogP) is 2.33. The third-order valence-electron chi connectivity index (χ3n) is 2.61. The van der Waals surface area contributed by atoms with Crippen LogP contribution in [0.2, 0.25) is 5.15 Å². The van der Waals surface area contributed by atoms with Crippen LogP contribution in [0.3, 0.4) is 0 Å². The Morgan fingerprint density at radius 3 is 2.64 bits per heavy atom. The molecule has 0 radical (unpaired) electrons. The minimum Gasteiger partial charge on any atom is -0.461 e. The molecule has 0 spiro atoms. The van der Waals surface area contributed by atoms with Gasteiger partial charge in [0, 0.05) is 12.3 Å². The largest absolute Gasteiger partial charge is 0.534 e. The van der Waals surface area contributed by atoms with E-state index in [-0.39, 0.29) is 17.4 Å². The fourth-order valence-electron chi connectivity index (χ4n) is 1.60. The van der Waals surface area contributed by atoms with Crippen molar-refractivity contribution in [2.45, 2.75) is 12.4 Å². The topological polar surface area (TPSA) is 100 Å². The second-order valence-corrected chi connectivity index (χ2v) is 6.19. The van der Waals surface area contributed by atoms with Gasteiger partial charge in [-0.1, -0.05) is 11.6 Å². The van der Waals surface area contributed by atoms with E-state index in [1.807, 2.05) is 0 Å². The van der Waals surface area contributed by atoms with Crippen molar-refractivity contribution < 1.29 is 35.3 Å². The number of alkyl halides is 3. The first-order valence-corrected chi connectivity index (χ1v) is 8.24. The van der Waals surface area contributed by atoms with Crippen molar-refractivity contribution in [3.8, 4) is 11.6 Å².